The molecule has 2 fully saturated rings. The number of phenolic OH excluding ortho intramolecular Hbond substituents is 1. The summed E-state index contributed by atoms with van der Waals surface area (Å²) in [5.74, 6) is 0.0627. The molecule has 114 valence electrons. The molecule has 4 nitrogen and oxygen atoms in total. The van der Waals surface area contributed by atoms with Crippen molar-refractivity contribution in [3.63, 3.8) is 0 Å². The Kier molecular flexibility index (Phi) is 3.89. The van der Waals surface area contributed by atoms with Gasteiger partial charge in [-0.1, -0.05) is 11.6 Å². The van der Waals surface area contributed by atoms with E-state index < -0.39 is 0 Å². The lowest BCUT2D eigenvalue weighted by atomic mass is 9.71. The van der Waals surface area contributed by atoms with E-state index in [1.807, 2.05) is 17.9 Å². The van der Waals surface area contributed by atoms with Crippen LogP contribution in [0.3, 0.4) is 0 Å². The molecule has 1 spiro atoms. The molecule has 1 aromatic rings. The van der Waals surface area contributed by atoms with E-state index in [1.165, 1.54) is 12.8 Å². The van der Waals surface area contributed by atoms with E-state index in [4.69, 9.17) is 0 Å². The number of piperidine rings is 2. The van der Waals surface area contributed by atoms with E-state index in [1.54, 1.807) is 12.1 Å². The summed E-state index contributed by atoms with van der Waals surface area (Å²) in [6.07, 6.45) is 4.63. The molecule has 4 heteroatoms. The Balaban J connectivity index is 1.69. The fourth-order valence-corrected chi connectivity index (χ4v) is 3.63. The normalized spacial score (nSPS) is 21.5. The van der Waals surface area contributed by atoms with Gasteiger partial charge in [-0.15, -0.1) is 0 Å². The minimum absolute atomic E-state index is 0.0278. The summed E-state index contributed by atoms with van der Waals surface area (Å²) in [6, 6.07) is 5.22. The molecule has 2 aliphatic heterocycles. The Hall–Kier alpha value is -1.55. The molecule has 0 aromatic heterocycles. The summed E-state index contributed by atoms with van der Waals surface area (Å²) >= 11 is 0. The van der Waals surface area contributed by atoms with Gasteiger partial charge in [0, 0.05) is 13.1 Å². The van der Waals surface area contributed by atoms with Gasteiger partial charge in [0.05, 0.1) is 5.56 Å². The van der Waals surface area contributed by atoms with Crippen molar-refractivity contribution in [3.05, 3.63) is 29.3 Å². The smallest absolute Gasteiger partial charge is 0.257 e. The van der Waals surface area contributed by atoms with Crippen molar-refractivity contribution in [3.8, 4) is 5.75 Å². The van der Waals surface area contributed by atoms with Crippen LogP contribution < -0.4 is 5.32 Å². The Labute approximate surface area is 126 Å². The summed E-state index contributed by atoms with van der Waals surface area (Å²) in [5.41, 5.74) is 1.88. The number of hydrogen-bond acceptors (Lipinski definition) is 3. The maximum absolute atomic E-state index is 12.6. The lowest BCUT2D eigenvalue weighted by Crippen LogP contribution is -2.47. The summed E-state index contributed by atoms with van der Waals surface area (Å²) in [4.78, 5) is 14.5. The van der Waals surface area contributed by atoms with Gasteiger partial charge in [-0.25, -0.2) is 0 Å². The lowest BCUT2D eigenvalue weighted by molar-refractivity contribution is 0.0493. The van der Waals surface area contributed by atoms with Crippen molar-refractivity contribution in [1.29, 1.82) is 0 Å². The third kappa shape index (κ3) is 2.91. The Morgan fingerprint density at radius 2 is 1.86 bits per heavy atom. The molecule has 21 heavy (non-hydrogen) atoms. The Morgan fingerprint density at radius 3 is 2.52 bits per heavy atom. The largest absolute Gasteiger partial charge is 0.507 e. The number of likely N-dealkylation sites (tertiary alicyclic amines) is 1. The second-order valence-corrected chi connectivity index (χ2v) is 6.56. The van der Waals surface area contributed by atoms with Crippen LogP contribution in [0.15, 0.2) is 18.2 Å². The van der Waals surface area contributed by atoms with Crippen molar-refractivity contribution in [2.45, 2.75) is 32.6 Å². The number of aryl methyl sites for hydroxylation is 1. The molecule has 0 radical (unpaired) electrons. The van der Waals surface area contributed by atoms with E-state index in [0.29, 0.717) is 11.0 Å². The summed E-state index contributed by atoms with van der Waals surface area (Å²) in [5, 5.41) is 13.3. The van der Waals surface area contributed by atoms with Gasteiger partial charge in [-0.3, -0.25) is 4.79 Å². The SMILES string of the molecule is Cc1ccc(O)c(C(=O)N2CCC3(CCNCC3)CC2)c1. The molecule has 0 aliphatic carbocycles. The molecule has 0 atom stereocenters. The highest BCUT2D eigenvalue weighted by molar-refractivity contribution is 5.97. The summed E-state index contributed by atoms with van der Waals surface area (Å²) in [7, 11) is 0. The first-order valence-corrected chi connectivity index (χ1v) is 7.89. The minimum Gasteiger partial charge on any atom is -0.507 e. The summed E-state index contributed by atoms with van der Waals surface area (Å²) < 4.78 is 0. The maximum atomic E-state index is 12.6. The van der Waals surface area contributed by atoms with Crippen LogP contribution in [-0.4, -0.2) is 42.1 Å². The number of rotatable bonds is 1. The first-order valence-electron chi connectivity index (χ1n) is 7.89. The van der Waals surface area contributed by atoms with Crippen molar-refractivity contribution in [2.75, 3.05) is 26.2 Å². The van der Waals surface area contributed by atoms with Crippen LogP contribution in [0.25, 0.3) is 0 Å². The molecule has 1 amide bonds. The fraction of sp³-hybridized carbons (Fsp3) is 0.588. The van der Waals surface area contributed by atoms with E-state index in [9.17, 15) is 9.90 Å². The van der Waals surface area contributed by atoms with Gasteiger partial charge in [0.15, 0.2) is 0 Å². The fourth-order valence-electron chi connectivity index (χ4n) is 3.63. The first-order chi connectivity index (χ1) is 10.1. The number of nitrogens with one attached hydrogen (secondary N) is 1. The predicted octanol–water partition coefficient (Wildman–Crippen LogP) is 2.31. The van der Waals surface area contributed by atoms with E-state index in [-0.39, 0.29) is 11.7 Å². The molecule has 0 unspecified atom stereocenters. The zero-order valence-electron chi connectivity index (χ0n) is 12.7. The highest BCUT2D eigenvalue weighted by Crippen LogP contribution is 2.39. The molecule has 2 N–H and O–H groups in total. The monoisotopic (exact) mass is 288 g/mol. The third-order valence-corrected chi connectivity index (χ3v) is 5.16. The average molecular weight is 288 g/mol. The zero-order chi connectivity index (χ0) is 14.9. The molecule has 2 saturated heterocycles. The van der Waals surface area contributed by atoms with Crippen LogP contribution in [0.5, 0.6) is 5.75 Å². The molecule has 2 aliphatic rings. The molecule has 0 saturated carbocycles. The lowest BCUT2D eigenvalue weighted by Gasteiger charge is -2.44. The van der Waals surface area contributed by atoms with Crippen LogP contribution in [0.4, 0.5) is 0 Å². The second kappa shape index (κ2) is 5.68. The molecular formula is C17H24N2O2. The van der Waals surface area contributed by atoms with Crippen LogP contribution in [0.2, 0.25) is 0 Å². The number of hydrogen-bond donors (Lipinski definition) is 2. The van der Waals surface area contributed by atoms with Crippen LogP contribution in [0, 0.1) is 12.3 Å². The number of benzene rings is 1. The number of carbonyl (C=O) groups excluding carboxylic acids is 1. The number of phenols is 1. The highest BCUT2D eigenvalue weighted by Gasteiger charge is 2.37. The Bertz CT molecular complexity index is 526. The summed E-state index contributed by atoms with van der Waals surface area (Å²) in [6.45, 7) is 5.77. The standard InChI is InChI=1S/C17H24N2O2/c1-13-2-3-15(20)14(12-13)16(21)19-10-6-17(7-11-19)4-8-18-9-5-17/h2-3,12,18,20H,4-11H2,1H3. The molecule has 1 aromatic carbocycles. The predicted molar refractivity (Wildman–Crippen MR) is 82.5 cm³/mol. The van der Waals surface area contributed by atoms with Gasteiger partial charge in [-0.05, 0) is 63.2 Å². The van der Waals surface area contributed by atoms with Gasteiger partial charge in [0.1, 0.15) is 5.75 Å². The second-order valence-electron chi connectivity index (χ2n) is 6.56. The van der Waals surface area contributed by atoms with Crippen molar-refractivity contribution in [1.82, 2.24) is 10.2 Å². The number of aromatic hydroxyl groups is 1. The zero-order valence-corrected chi connectivity index (χ0v) is 12.7. The number of carbonyl (C=O) groups is 1. The Morgan fingerprint density at radius 1 is 1.19 bits per heavy atom. The number of amides is 1. The molecule has 2 heterocycles. The van der Waals surface area contributed by atoms with Gasteiger partial charge in [-0.2, -0.15) is 0 Å². The first kappa shape index (κ1) is 14.4. The highest BCUT2D eigenvalue weighted by atomic mass is 16.3. The quantitative estimate of drug-likeness (QED) is 0.834. The van der Waals surface area contributed by atoms with E-state index in [2.05, 4.69) is 5.32 Å². The number of nitrogens with zero attached hydrogens (tertiary/aromatic N) is 1. The average Bonchev–Trinajstić information content (AvgIpc) is 2.51. The van der Waals surface area contributed by atoms with Crippen molar-refractivity contribution in [2.24, 2.45) is 5.41 Å². The molecule has 3 rings (SSSR count). The van der Waals surface area contributed by atoms with E-state index >= 15 is 0 Å². The molecular weight excluding hydrogens is 264 g/mol. The van der Waals surface area contributed by atoms with E-state index in [0.717, 1.165) is 44.6 Å². The van der Waals surface area contributed by atoms with Gasteiger partial charge >= 0.3 is 0 Å². The van der Waals surface area contributed by atoms with Crippen molar-refractivity contribution >= 4 is 5.91 Å². The van der Waals surface area contributed by atoms with Crippen LogP contribution in [0.1, 0.15) is 41.6 Å². The molecule has 0 bridgehead atoms. The topological polar surface area (TPSA) is 52.6 Å². The third-order valence-electron chi connectivity index (χ3n) is 5.16. The van der Waals surface area contributed by atoms with Gasteiger partial charge < -0.3 is 15.3 Å². The minimum atomic E-state index is -0.0278. The maximum Gasteiger partial charge on any atom is 0.257 e. The van der Waals surface area contributed by atoms with Crippen LogP contribution >= 0.6 is 0 Å². The van der Waals surface area contributed by atoms with Crippen molar-refractivity contribution < 1.29 is 9.90 Å². The van der Waals surface area contributed by atoms with Crippen LogP contribution in [-0.2, 0) is 0 Å². The van der Waals surface area contributed by atoms with Gasteiger partial charge in [0.25, 0.3) is 5.91 Å². The van der Waals surface area contributed by atoms with Gasteiger partial charge in [0.2, 0.25) is 0 Å².